The maximum atomic E-state index is 12.1. The van der Waals surface area contributed by atoms with Crippen molar-refractivity contribution in [1.29, 1.82) is 0 Å². The molecule has 1 aromatic rings. The van der Waals surface area contributed by atoms with E-state index in [-0.39, 0.29) is 5.91 Å². The van der Waals surface area contributed by atoms with Gasteiger partial charge in [0.15, 0.2) is 0 Å². The van der Waals surface area contributed by atoms with Gasteiger partial charge in [0.25, 0.3) is 5.91 Å². The molecule has 1 atom stereocenters. The molecule has 0 spiro atoms. The van der Waals surface area contributed by atoms with E-state index in [1.54, 1.807) is 12.4 Å². The molecule has 0 saturated carbocycles. The average molecular weight is 249 g/mol. The van der Waals surface area contributed by atoms with E-state index in [0.717, 1.165) is 31.9 Å². The van der Waals surface area contributed by atoms with Gasteiger partial charge in [-0.05, 0) is 19.4 Å². The second-order valence-electron chi connectivity index (χ2n) is 4.39. The molecule has 0 aliphatic carbocycles. The molecule has 18 heavy (non-hydrogen) atoms. The zero-order valence-corrected chi connectivity index (χ0v) is 10.6. The van der Waals surface area contributed by atoms with Crippen molar-refractivity contribution < 1.29 is 9.53 Å². The number of nitrogens with zero attached hydrogens (tertiary/aromatic N) is 1. The van der Waals surface area contributed by atoms with Gasteiger partial charge < -0.3 is 15.4 Å². The molecule has 0 aromatic carbocycles. The number of anilines is 1. The maximum absolute atomic E-state index is 12.1. The summed E-state index contributed by atoms with van der Waals surface area (Å²) < 4.78 is 5.28. The third-order valence-electron chi connectivity index (χ3n) is 3.01. The first-order valence-electron chi connectivity index (χ1n) is 6.35. The first-order valence-corrected chi connectivity index (χ1v) is 6.35. The smallest absolute Gasteiger partial charge is 0.254 e. The monoisotopic (exact) mass is 249 g/mol. The summed E-state index contributed by atoms with van der Waals surface area (Å²) in [5, 5.41) is 6.10. The molecule has 0 bridgehead atoms. The Hall–Kier alpha value is -1.62. The highest BCUT2D eigenvalue weighted by Crippen LogP contribution is 2.14. The zero-order valence-electron chi connectivity index (χ0n) is 10.6. The van der Waals surface area contributed by atoms with E-state index in [9.17, 15) is 4.79 Å². The van der Waals surface area contributed by atoms with Gasteiger partial charge >= 0.3 is 0 Å². The number of carbonyl (C=O) groups excluding carboxylic acids is 1. The minimum atomic E-state index is -0.0778. The van der Waals surface area contributed by atoms with E-state index in [0.29, 0.717) is 18.0 Å². The molecule has 1 aromatic heterocycles. The van der Waals surface area contributed by atoms with Crippen LogP contribution >= 0.6 is 0 Å². The van der Waals surface area contributed by atoms with Crippen molar-refractivity contribution in [1.82, 2.24) is 10.3 Å². The first kappa shape index (κ1) is 12.8. The molecule has 1 aliphatic rings. The van der Waals surface area contributed by atoms with Crippen LogP contribution in [0.5, 0.6) is 0 Å². The van der Waals surface area contributed by atoms with Crippen LogP contribution in [0.4, 0.5) is 5.69 Å². The number of amides is 1. The summed E-state index contributed by atoms with van der Waals surface area (Å²) >= 11 is 0. The van der Waals surface area contributed by atoms with Crippen LogP contribution in [-0.2, 0) is 4.74 Å². The van der Waals surface area contributed by atoms with Crippen LogP contribution in [0, 0.1) is 5.92 Å². The third-order valence-corrected chi connectivity index (χ3v) is 3.01. The van der Waals surface area contributed by atoms with E-state index in [1.165, 1.54) is 0 Å². The molecule has 1 fully saturated rings. The molecule has 5 heteroatoms. The highest BCUT2D eigenvalue weighted by atomic mass is 16.5. The van der Waals surface area contributed by atoms with Crippen molar-refractivity contribution in [2.45, 2.75) is 13.3 Å². The Balaban J connectivity index is 1.94. The van der Waals surface area contributed by atoms with Crippen LogP contribution in [0.1, 0.15) is 23.7 Å². The fourth-order valence-corrected chi connectivity index (χ4v) is 2.00. The minimum Gasteiger partial charge on any atom is -0.385 e. The quantitative estimate of drug-likeness (QED) is 0.825. The zero-order chi connectivity index (χ0) is 12.8. The lowest BCUT2D eigenvalue weighted by Crippen LogP contribution is -2.30. The van der Waals surface area contributed by atoms with Crippen molar-refractivity contribution in [2.24, 2.45) is 5.92 Å². The average Bonchev–Trinajstić information content (AvgIpc) is 2.90. The predicted molar refractivity (Wildman–Crippen MR) is 69.7 cm³/mol. The topological polar surface area (TPSA) is 63.2 Å². The van der Waals surface area contributed by atoms with E-state index < -0.39 is 0 Å². The van der Waals surface area contributed by atoms with E-state index in [4.69, 9.17) is 4.74 Å². The van der Waals surface area contributed by atoms with Gasteiger partial charge in [-0.2, -0.15) is 0 Å². The van der Waals surface area contributed by atoms with Crippen LogP contribution in [0.2, 0.25) is 0 Å². The van der Waals surface area contributed by atoms with Crippen LogP contribution in [0.25, 0.3) is 0 Å². The number of pyridine rings is 1. The summed E-state index contributed by atoms with van der Waals surface area (Å²) in [6.45, 7) is 4.99. The van der Waals surface area contributed by atoms with Crippen LogP contribution < -0.4 is 10.6 Å². The van der Waals surface area contributed by atoms with Gasteiger partial charge in [0.1, 0.15) is 0 Å². The van der Waals surface area contributed by atoms with Crippen molar-refractivity contribution in [3.05, 3.63) is 24.0 Å². The Bertz CT molecular complexity index is 403. The van der Waals surface area contributed by atoms with Crippen molar-refractivity contribution in [3.8, 4) is 0 Å². The normalized spacial score (nSPS) is 18.6. The molecule has 98 valence electrons. The van der Waals surface area contributed by atoms with Crippen LogP contribution in [0.3, 0.4) is 0 Å². The van der Waals surface area contributed by atoms with E-state index >= 15 is 0 Å². The fourth-order valence-electron chi connectivity index (χ4n) is 2.00. The van der Waals surface area contributed by atoms with Gasteiger partial charge in [0.2, 0.25) is 0 Å². The highest BCUT2D eigenvalue weighted by molar-refractivity contribution is 5.99. The van der Waals surface area contributed by atoms with Crippen LogP contribution in [-0.4, -0.2) is 37.2 Å². The van der Waals surface area contributed by atoms with Gasteiger partial charge in [-0.1, -0.05) is 0 Å². The number of hydrogen-bond donors (Lipinski definition) is 2. The number of nitrogens with one attached hydrogen (secondary N) is 2. The Kier molecular flexibility index (Phi) is 4.52. The van der Waals surface area contributed by atoms with Crippen molar-refractivity contribution in [2.75, 3.05) is 31.6 Å². The third kappa shape index (κ3) is 3.20. The number of rotatable bonds is 5. The van der Waals surface area contributed by atoms with Crippen molar-refractivity contribution >= 4 is 11.6 Å². The Morgan fingerprint density at radius 1 is 1.61 bits per heavy atom. The van der Waals surface area contributed by atoms with E-state index in [1.807, 2.05) is 13.0 Å². The molecule has 1 aliphatic heterocycles. The summed E-state index contributed by atoms with van der Waals surface area (Å²) in [5.41, 5.74) is 1.42. The van der Waals surface area contributed by atoms with Crippen molar-refractivity contribution in [3.63, 3.8) is 0 Å². The second-order valence-corrected chi connectivity index (χ2v) is 4.39. The maximum Gasteiger partial charge on any atom is 0.254 e. The standard InChI is InChI=1S/C13H19N3O2/c1-2-15-12-3-5-14-8-11(12)13(17)16-7-10-4-6-18-9-10/h3,5,8,10H,2,4,6-7,9H2,1H3,(H,14,15)(H,16,17). The summed E-state index contributed by atoms with van der Waals surface area (Å²) in [5.74, 6) is 0.360. The molecular weight excluding hydrogens is 230 g/mol. The molecule has 0 radical (unpaired) electrons. The lowest BCUT2D eigenvalue weighted by molar-refractivity contribution is 0.0945. The predicted octanol–water partition coefficient (Wildman–Crippen LogP) is 1.28. The molecule has 1 unspecified atom stereocenters. The van der Waals surface area contributed by atoms with Crippen LogP contribution in [0.15, 0.2) is 18.5 Å². The first-order chi connectivity index (χ1) is 8.81. The molecule has 2 rings (SSSR count). The Morgan fingerprint density at radius 3 is 3.22 bits per heavy atom. The summed E-state index contributed by atoms with van der Waals surface area (Å²) in [4.78, 5) is 16.1. The van der Waals surface area contributed by atoms with Gasteiger partial charge in [-0.3, -0.25) is 9.78 Å². The second kappa shape index (κ2) is 6.35. The highest BCUT2D eigenvalue weighted by Gasteiger charge is 2.17. The Morgan fingerprint density at radius 2 is 2.50 bits per heavy atom. The number of hydrogen-bond acceptors (Lipinski definition) is 4. The molecule has 5 nitrogen and oxygen atoms in total. The molecular formula is C13H19N3O2. The molecule has 2 N–H and O–H groups in total. The van der Waals surface area contributed by atoms with Gasteiger partial charge in [-0.25, -0.2) is 0 Å². The van der Waals surface area contributed by atoms with Gasteiger partial charge in [-0.15, -0.1) is 0 Å². The van der Waals surface area contributed by atoms with Gasteiger partial charge in [0.05, 0.1) is 17.9 Å². The molecule has 1 amide bonds. The summed E-state index contributed by atoms with van der Waals surface area (Å²) in [6, 6.07) is 1.82. The van der Waals surface area contributed by atoms with Gasteiger partial charge in [0, 0.05) is 38.0 Å². The lowest BCUT2D eigenvalue weighted by Gasteiger charge is -2.12. The summed E-state index contributed by atoms with van der Waals surface area (Å²) in [6.07, 6.45) is 4.30. The fraction of sp³-hybridized carbons (Fsp3) is 0.538. The molecule has 2 heterocycles. The Labute approximate surface area is 107 Å². The van der Waals surface area contributed by atoms with E-state index in [2.05, 4.69) is 15.6 Å². The number of ether oxygens (including phenoxy) is 1. The largest absolute Gasteiger partial charge is 0.385 e. The summed E-state index contributed by atoms with van der Waals surface area (Å²) in [7, 11) is 0. The number of carbonyl (C=O) groups is 1. The lowest BCUT2D eigenvalue weighted by atomic mass is 10.1. The SMILES string of the molecule is CCNc1ccncc1C(=O)NCC1CCOC1. The number of aromatic nitrogens is 1. The molecule has 1 saturated heterocycles. The minimum absolute atomic E-state index is 0.0778.